The summed E-state index contributed by atoms with van der Waals surface area (Å²) in [6.45, 7) is 2.05. The molecular weight excluding hydrogens is 288 g/mol. The van der Waals surface area contributed by atoms with Gasteiger partial charge in [-0.15, -0.1) is 0 Å². The van der Waals surface area contributed by atoms with Crippen LogP contribution in [0.5, 0.6) is 0 Å². The fraction of sp³-hybridized carbons (Fsp3) is 0.263. The third kappa shape index (κ3) is 2.84. The van der Waals surface area contributed by atoms with Gasteiger partial charge in [-0.3, -0.25) is 9.59 Å². The Kier molecular flexibility index (Phi) is 4.15. The van der Waals surface area contributed by atoms with E-state index in [2.05, 4.69) is 12.2 Å². The molecule has 0 radical (unpaired) electrons. The van der Waals surface area contributed by atoms with Gasteiger partial charge in [0.2, 0.25) is 11.8 Å². The van der Waals surface area contributed by atoms with Crippen LogP contribution in [0, 0.1) is 0 Å². The van der Waals surface area contributed by atoms with Crippen LogP contribution >= 0.6 is 0 Å². The van der Waals surface area contributed by atoms with Crippen molar-refractivity contribution in [3.63, 3.8) is 0 Å². The monoisotopic (exact) mass is 308 g/mol. The Hall–Kier alpha value is -2.62. The second-order valence-corrected chi connectivity index (χ2v) is 5.77. The van der Waals surface area contributed by atoms with Crippen LogP contribution in [-0.4, -0.2) is 18.9 Å². The first kappa shape index (κ1) is 15.3. The molecule has 1 aliphatic rings. The first-order valence-corrected chi connectivity index (χ1v) is 7.86. The summed E-state index contributed by atoms with van der Waals surface area (Å²) in [6.07, 6.45) is 1.05. The smallest absolute Gasteiger partial charge is 0.232 e. The summed E-state index contributed by atoms with van der Waals surface area (Å²) in [4.78, 5) is 26.6. The Morgan fingerprint density at radius 2 is 1.87 bits per heavy atom. The predicted octanol–water partition coefficient (Wildman–Crippen LogP) is 3.34. The van der Waals surface area contributed by atoms with Crippen molar-refractivity contribution in [2.24, 2.45) is 0 Å². The molecule has 0 aromatic heterocycles. The maximum Gasteiger partial charge on any atom is 0.232 e. The molecule has 118 valence electrons. The molecule has 2 aromatic rings. The van der Waals surface area contributed by atoms with Crippen LogP contribution in [-0.2, 0) is 16.0 Å². The van der Waals surface area contributed by atoms with E-state index < -0.39 is 5.92 Å². The summed E-state index contributed by atoms with van der Waals surface area (Å²) in [7, 11) is 1.75. The van der Waals surface area contributed by atoms with Crippen molar-refractivity contribution in [1.82, 2.24) is 0 Å². The molecule has 2 amide bonds. The molecule has 1 unspecified atom stereocenters. The molecule has 4 heteroatoms. The molecule has 1 N–H and O–H groups in total. The minimum atomic E-state index is -0.445. The van der Waals surface area contributed by atoms with Gasteiger partial charge >= 0.3 is 0 Å². The largest absolute Gasteiger partial charge is 0.325 e. The van der Waals surface area contributed by atoms with E-state index in [9.17, 15) is 9.59 Å². The molecule has 1 atom stereocenters. The lowest BCUT2D eigenvalue weighted by molar-refractivity contribution is -0.124. The molecule has 3 rings (SSSR count). The lowest BCUT2D eigenvalue weighted by Gasteiger charge is -2.31. The zero-order chi connectivity index (χ0) is 16.4. The second-order valence-electron chi connectivity index (χ2n) is 5.77. The minimum absolute atomic E-state index is 0.0346. The quantitative estimate of drug-likeness (QED) is 0.945. The van der Waals surface area contributed by atoms with E-state index in [-0.39, 0.29) is 18.2 Å². The number of anilines is 2. The molecule has 0 spiro atoms. The van der Waals surface area contributed by atoms with Gasteiger partial charge in [0.05, 0.1) is 5.92 Å². The Morgan fingerprint density at radius 3 is 2.65 bits per heavy atom. The molecule has 2 aromatic carbocycles. The molecule has 4 nitrogen and oxygen atoms in total. The van der Waals surface area contributed by atoms with Crippen LogP contribution in [0.3, 0.4) is 0 Å². The number of hydrogen-bond donors (Lipinski definition) is 1. The number of nitrogens with one attached hydrogen (secondary N) is 1. The van der Waals surface area contributed by atoms with Crippen LogP contribution in [0.4, 0.5) is 11.4 Å². The van der Waals surface area contributed by atoms with Gasteiger partial charge in [-0.05, 0) is 29.7 Å². The average Bonchev–Trinajstić information content (AvgIpc) is 2.58. The van der Waals surface area contributed by atoms with Crippen molar-refractivity contribution in [1.29, 1.82) is 0 Å². The number of carbonyl (C=O) groups excluding carboxylic acids is 2. The number of amides is 2. The van der Waals surface area contributed by atoms with Gasteiger partial charge < -0.3 is 10.2 Å². The van der Waals surface area contributed by atoms with Crippen molar-refractivity contribution in [3.05, 3.63) is 59.7 Å². The van der Waals surface area contributed by atoms with Gasteiger partial charge in [0, 0.05) is 24.8 Å². The maximum absolute atomic E-state index is 12.8. The normalized spacial score (nSPS) is 16.9. The number of hydrogen-bond acceptors (Lipinski definition) is 2. The van der Waals surface area contributed by atoms with Gasteiger partial charge in [0.25, 0.3) is 0 Å². The molecule has 0 fully saturated rings. The molecule has 0 saturated heterocycles. The van der Waals surface area contributed by atoms with Gasteiger partial charge in [0.1, 0.15) is 0 Å². The summed E-state index contributed by atoms with van der Waals surface area (Å²) in [5.74, 6) is -0.604. The Bertz CT molecular complexity index is 755. The number of para-hydroxylation sites is 2. The van der Waals surface area contributed by atoms with Crippen molar-refractivity contribution in [2.45, 2.75) is 25.7 Å². The van der Waals surface area contributed by atoms with Crippen molar-refractivity contribution < 1.29 is 9.59 Å². The lowest BCUT2D eigenvalue weighted by Crippen LogP contribution is -2.37. The highest BCUT2D eigenvalue weighted by Crippen LogP contribution is 2.35. The lowest BCUT2D eigenvalue weighted by atomic mass is 9.88. The topological polar surface area (TPSA) is 49.4 Å². The number of carbonyl (C=O) groups is 2. The number of benzene rings is 2. The van der Waals surface area contributed by atoms with Crippen molar-refractivity contribution in [3.8, 4) is 0 Å². The third-order valence-electron chi connectivity index (χ3n) is 4.40. The summed E-state index contributed by atoms with van der Waals surface area (Å²) in [5, 5.41) is 3.00. The zero-order valence-corrected chi connectivity index (χ0v) is 13.4. The molecule has 0 aliphatic carbocycles. The number of nitrogens with zero attached hydrogens (tertiary/aromatic N) is 1. The van der Waals surface area contributed by atoms with Crippen LogP contribution in [0.2, 0.25) is 0 Å². The fourth-order valence-electron chi connectivity index (χ4n) is 3.05. The van der Waals surface area contributed by atoms with Crippen LogP contribution in [0.1, 0.15) is 30.4 Å². The summed E-state index contributed by atoms with van der Waals surface area (Å²) in [5.41, 5.74) is 3.63. The number of rotatable bonds is 3. The fourth-order valence-corrected chi connectivity index (χ4v) is 3.05. The number of fused-ring (bicyclic) bond motifs is 1. The highest BCUT2D eigenvalue weighted by atomic mass is 16.2. The summed E-state index contributed by atoms with van der Waals surface area (Å²) < 4.78 is 0. The predicted molar refractivity (Wildman–Crippen MR) is 91.7 cm³/mol. The second kappa shape index (κ2) is 6.24. The minimum Gasteiger partial charge on any atom is -0.325 e. The van der Waals surface area contributed by atoms with Crippen LogP contribution < -0.4 is 10.2 Å². The molecule has 0 bridgehead atoms. The van der Waals surface area contributed by atoms with Gasteiger partial charge in [0.15, 0.2) is 0 Å². The van der Waals surface area contributed by atoms with E-state index in [1.54, 1.807) is 11.9 Å². The van der Waals surface area contributed by atoms with E-state index in [0.29, 0.717) is 0 Å². The van der Waals surface area contributed by atoms with Crippen molar-refractivity contribution >= 4 is 23.2 Å². The molecular formula is C19H20N2O2. The van der Waals surface area contributed by atoms with Crippen LogP contribution in [0.15, 0.2) is 48.5 Å². The van der Waals surface area contributed by atoms with Gasteiger partial charge in [-0.1, -0.05) is 43.3 Å². The molecule has 0 saturated carbocycles. The maximum atomic E-state index is 12.8. The SMILES string of the molecule is CCc1ccccc1NC(=O)C1CC(=O)N(C)c2ccccc21. The van der Waals surface area contributed by atoms with Crippen LogP contribution in [0.25, 0.3) is 0 Å². The highest BCUT2D eigenvalue weighted by Gasteiger charge is 2.33. The highest BCUT2D eigenvalue weighted by molar-refractivity contribution is 6.06. The Labute approximate surface area is 136 Å². The average molecular weight is 308 g/mol. The van der Waals surface area contributed by atoms with Gasteiger partial charge in [-0.25, -0.2) is 0 Å². The van der Waals surface area contributed by atoms with E-state index >= 15 is 0 Å². The summed E-state index contributed by atoms with van der Waals surface area (Å²) >= 11 is 0. The Balaban J connectivity index is 1.91. The first-order chi connectivity index (χ1) is 11.1. The molecule has 23 heavy (non-hydrogen) atoms. The standard InChI is InChI=1S/C19H20N2O2/c1-3-13-8-4-6-10-16(13)20-19(23)15-12-18(22)21(2)17-11-7-5-9-14(15)17/h4-11,15H,3,12H2,1-2H3,(H,20,23). The zero-order valence-electron chi connectivity index (χ0n) is 13.4. The number of aryl methyl sites for hydroxylation is 1. The molecule has 1 heterocycles. The first-order valence-electron chi connectivity index (χ1n) is 7.86. The van der Waals surface area contributed by atoms with E-state index in [1.807, 2.05) is 48.5 Å². The third-order valence-corrected chi connectivity index (χ3v) is 4.40. The van der Waals surface area contributed by atoms with E-state index in [4.69, 9.17) is 0 Å². The Morgan fingerprint density at radius 1 is 1.17 bits per heavy atom. The van der Waals surface area contributed by atoms with Gasteiger partial charge in [-0.2, -0.15) is 0 Å². The van der Waals surface area contributed by atoms with Crippen molar-refractivity contribution in [2.75, 3.05) is 17.3 Å². The van der Waals surface area contributed by atoms with E-state index in [0.717, 1.165) is 28.9 Å². The summed E-state index contributed by atoms with van der Waals surface area (Å²) in [6, 6.07) is 15.4. The van der Waals surface area contributed by atoms with E-state index in [1.165, 1.54) is 0 Å². The molecule has 1 aliphatic heterocycles.